The minimum Gasteiger partial charge on any atom is -0.398 e. The van der Waals surface area contributed by atoms with E-state index in [1.807, 2.05) is 24.0 Å². The highest BCUT2D eigenvalue weighted by molar-refractivity contribution is 5.99. The molecule has 4 heteroatoms. The molecule has 0 spiro atoms. The van der Waals surface area contributed by atoms with E-state index in [9.17, 15) is 9.90 Å². The van der Waals surface area contributed by atoms with Crippen LogP contribution in [0.5, 0.6) is 0 Å². The lowest BCUT2D eigenvalue weighted by Crippen LogP contribution is -2.48. The number of fused-ring (bicyclic) bond motifs is 2. The van der Waals surface area contributed by atoms with Crippen molar-refractivity contribution in [3.63, 3.8) is 0 Å². The van der Waals surface area contributed by atoms with E-state index in [0.717, 1.165) is 18.4 Å². The van der Waals surface area contributed by atoms with Gasteiger partial charge >= 0.3 is 0 Å². The second kappa shape index (κ2) is 4.53. The average Bonchev–Trinajstić information content (AvgIpc) is 2.64. The van der Waals surface area contributed by atoms with Gasteiger partial charge in [-0.1, -0.05) is 11.6 Å². The average molecular weight is 260 g/mol. The van der Waals surface area contributed by atoms with Crippen LogP contribution in [-0.4, -0.2) is 34.1 Å². The van der Waals surface area contributed by atoms with Gasteiger partial charge in [0.2, 0.25) is 0 Å². The number of carbonyl (C=O) groups is 1. The summed E-state index contributed by atoms with van der Waals surface area (Å²) in [4.78, 5) is 14.7. The second-order valence-electron chi connectivity index (χ2n) is 5.81. The summed E-state index contributed by atoms with van der Waals surface area (Å²) in [7, 11) is 0. The number of amides is 1. The van der Waals surface area contributed by atoms with Gasteiger partial charge in [-0.15, -0.1) is 0 Å². The van der Waals surface area contributed by atoms with E-state index in [0.29, 0.717) is 24.1 Å². The number of nitrogen functional groups attached to an aromatic ring is 1. The van der Waals surface area contributed by atoms with Crippen molar-refractivity contribution in [2.24, 2.45) is 0 Å². The molecule has 0 radical (unpaired) electrons. The Morgan fingerprint density at radius 3 is 2.58 bits per heavy atom. The zero-order valence-corrected chi connectivity index (χ0v) is 11.2. The smallest absolute Gasteiger partial charge is 0.256 e. The van der Waals surface area contributed by atoms with Crippen LogP contribution in [0.4, 0.5) is 5.69 Å². The number of nitrogens with zero attached hydrogens (tertiary/aromatic N) is 1. The first-order chi connectivity index (χ1) is 9.06. The van der Waals surface area contributed by atoms with Gasteiger partial charge < -0.3 is 15.7 Å². The number of aliphatic hydroxyl groups excluding tert-OH is 1. The molecule has 2 fully saturated rings. The molecular formula is C15H20N2O2. The maximum Gasteiger partial charge on any atom is 0.256 e. The Morgan fingerprint density at radius 2 is 1.95 bits per heavy atom. The van der Waals surface area contributed by atoms with E-state index in [4.69, 9.17) is 5.73 Å². The molecule has 1 aromatic carbocycles. The Balaban J connectivity index is 1.90. The van der Waals surface area contributed by atoms with Crippen molar-refractivity contribution in [1.82, 2.24) is 4.90 Å². The predicted molar refractivity (Wildman–Crippen MR) is 73.8 cm³/mol. The van der Waals surface area contributed by atoms with Crippen molar-refractivity contribution in [2.75, 3.05) is 5.73 Å². The molecule has 2 saturated heterocycles. The van der Waals surface area contributed by atoms with Gasteiger partial charge in [0.15, 0.2) is 0 Å². The molecule has 2 bridgehead atoms. The van der Waals surface area contributed by atoms with Crippen LogP contribution in [-0.2, 0) is 0 Å². The summed E-state index contributed by atoms with van der Waals surface area (Å²) in [5, 5.41) is 9.80. The van der Waals surface area contributed by atoms with Crippen LogP contribution in [0, 0.1) is 6.92 Å². The van der Waals surface area contributed by atoms with E-state index in [-0.39, 0.29) is 24.1 Å². The number of rotatable bonds is 1. The van der Waals surface area contributed by atoms with Crippen molar-refractivity contribution in [1.29, 1.82) is 0 Å². The third-order valence-electron chi connectivity index (χ3n) is 4.38. The number of anilines is 1. The third kappa shape index (κ3) is 2.10. The Kier molecular flexibility index (Phi) is 2.97. The summed E-state index contributed by atoms with van der Waals surface area (Å²) in [6.07, 6.45) is 3.15. The number of hydrogen-bond acceptors (Lipinski definition) is 3. The molecule has 1 amide bonds. The molecule has 0 aromatic heterocycles. The van der Waals surface area contributed by atoms with Crippen LogP contribution in [0.1, 0.15) is 41.6 Å². The number of aryl methyl sites for hydroxylation is 1. The highest BCUT2D eigenvalue weighted by atomic mass is 16.3. The van der Waals surface area contributed by atoms with E-state index in [2.05, 4.69) is 0 Å². The number of aliphatic hydroxyl groups is 1. The van der Waals surface area contributed by atoms with Gasteiger partial charge in [0, 0.05) is 17.8 Å². The molecule has 2 aliphatic rings. The maximum atomic E-state index is 12.7. The first-order valence-electron chi connectivity index (χ1n) is 6.93. The van der Waals surface area contributed by atoms with Gasteiger partial charge in [-0.2, -0.15) is 0 Å². The molecule has 1 aromatic rings. The number of benzene rings is 1. The molecule has 3 N–H and O–H groups in total. The van der Waals surface area contributed by atoms with Gasteiger partial charge in [-0.25, -0.2) is 0 Å². The van der Waals surface area contributed by atoms with Crippen molar-refractivity contribution in [3.05, 3.63) is 29.3 Å². The fourth-order valence-corrected chi connectivity index (χ4v) is 3.47. The molecule has 102 valence electrons. The highest BCUT2D eigenvalue weighted by Gasteiger charge is 2.43. The van der Waals surface area contributed by atoms with Crippen LogP contribution in [0.15, 0.2) is 18.2 Å². The van der Waals surface area contributed by atoms with Crippen molar-refractivity contribution >= 4 is 11.6 Å². The fraction of sp³-hybridized carbons (Fsp3) is 0.533. The molecule has 2 heterocycles. The predicted octanol–water partition coefficient (Wildman–Crippen LogP) is 1.71. The standard InChI is InChI=1S/C15H20N2O2/c1-9-2-5-14(16)13(6-9)15(19)17-10-3-4-11(17)8-12(18)7-10/h2,5-6,10-12,18H,3-4,7-8,16H2,1H3. The van der Waals surface area contributed by atoms with E-state index < -0.39 is 0 Å². The molecule has 2 aliphatic heterocycles. The molecule has 2 atom stereocenters. The molecule has 2 unspecified atom stereocenters. The van der Waals surface area contributed by atoms with Crippen LogP contribution in [0.25, 0.3) is 0 Å². The Morgan fingerprint density at radius 1 is 1.32 bits per heavy atom. The fourth-order valence-electron chi connectivity index (χ4n) is 3.47. The number of nitrogens with two attached hydrogens (primary N) is 1. The zero-order valence-electron chi connectivity index (χ0n) is 11.2. The SMILES string of the molecule is Cc1ccc(N)c(C(=O)N2C3CCC2CC(O)C3)c1. The molecule has 3 rings (SSSR count). The molecular weight excluding hydrogens is 240 g/mol. The lowest BCUT2D eigenvalue weighted by molar-refractivity contribution is 0.0287. The van der Waals surface area contributed by atoms with Gasteiger partial charge in [0.1, 0.15) is 0 Å². The summed E-state index contributed by atoms with van der Waals surface area (Å²) < 4.78 is 0. The Labute approximate surface area is 113 Å². The van der Waals surface area contributed by atoms with Gasteiger partial charge in [0.25, 0.3) is 5.91 Å². The molecule has 4 nitrogen and oxygen atoms in total. The van der Waals surface area contributed by atoms with Gasteiger partial charge in [-0.05, 0) is 44.7 Å². The molecule has 19 heavy (non-hydrogen) atoms. The second-order valence-corrected chi connectivity index (χ2v) is 5.81. The minimum absolute atomic E-state index is 0.0283. The number of piperidine rings is 1. The van der Waals surface area contributed by atoms with Gasteiger partial charge in [0.05, 0.1) is 11.7 Å². The summed E-state index contributed by atoms with van der Waals surface area (Å²) in [5.41, 5.74) is 8.13. The van der Waals surface area contributed by atoms with Crippen LogP contribution < -0.4 is 5.73 Å². The molecule has 0 saturated carbocycles. The van der Waals surface area contributed by atoms with Crippen molar-refractivity contribution in [3.8, 4) is 0 Å². The normalized spacial score (nSPS) is 29.6. The Bertz CT molecular complexity index is 501. The first kappa shape index (κ1) is 12.5. The van der Waals surface area contributed by atoms with E-state index in [1.165, 1.54) is 0 Å². The molecule has 0 aliphatic carbocycles. The number of hydrogen-bond donors (Lipinski definition) is 2. The highest BCUT2D eigenvalue weighted by Crippen LogP contribution is 2.37. The van der Waals surface area contributed by atoms with Crippen LogP contribution in [0.2, 0.25) is 0 Å². The topological polar surface area (TPSA) is 66.6 Å². The van der Waals surface area contributed by atoms with Crippen LogP contribution >= 0.6 is 0 Å². The summed E-state index contributed by atoms with van der Waals surface area (Å²) in [5.74, 6) is 0.0283. The van der Waals surface area contributed by atoms with Crippen molar-refractivity contribution < 1.29 is 9.90 Å². The van der Waals surface area contributed by atoms with Crippen LogP contribution in [0.3, 0.4) is 0 Å². The minimum atomic E-state index is -0.253. The zero-order chi connectivity index (χ0) is 13.6. The van der Waals surface area contributed by atoms with Crippen molar-refractivity contribution in [2.45, 2.75) is 50.8 Å². The first-order valence-corrected chi connectivity index (χ1v) is 6.93. The monoisotopic (exact) mass is 260 g/mol. The largest absolute Gasteiger partial charge is 0.398 e. The summed E-state index contributed by atoms with van der Waals surface area (Å²) >= 11 is 0. The summed E-state index contributed by atoms with van der Waals surface area (Å²) in [6, 6.07) is 5.94. The Hall–Kier alpha value is -1.55. The maximum absolute atomic E-state index is 12.7. The summed E-state index contributed by atoms with van der Waals surface area (Å²) in [6.45, 7) is 1.96. The van der Waals surface area contributed by atoms with E-state index >= 15 is 0 Å². The van der Waals surface area contributed by atoms with E-state index in [1.54, 1.807) is 6.07 Å². The quantitative estimate of drug-likeness (QED) is 0.755. The lowest BCUT2D eigenvalue weighted by Gasteiger charge is -2.37. The lowest BCUT2D eigenvalue weighted by atomic mass is 9.98. The van der Waals surface area contributed by atoms with Gasteiger partial charge in [-0.3, -0.25) is 4.79 Å². The number of carbonyl (C=O) groups excluding carboxylic acids is 1. The third-order valence-corrected chi connectivity index (χ3v) is 4.38.